The summed E-state index contributed by atoms with van der Waals surface area (Å²) in [6.45, 7) is 0. The van der Waals surface area contributed by atoms with E-state index in [1.165, 1.54) is 18.2 Å². The monoisotopic (exact) mass is 375 g/mol. The third-order valence-electron chi connectivity index (χ3n) is 3.59. The average Bonchev–Trinajstić information content (AvgIpc) is 3.12. The number of para-hydroxylation sites is 1. The fourth-order valence-corrected chi connectivity index (χ4v) is 2.49. The number of rotatable bonds is 6. The van der Waals surface area contributed by atoms with Crippen LogP contribution in [0.2, 0.25) is 5.02 Å². The Morgan fingerprint density at radius 1 is 1.31 bits per heavy atom. The van der Waals surface area contributed by atoms with Gasteiger partial charge in [-0.1, -0.05) is 28.9 Å². The summed E-state index contributed by atoms with van der Waals surface area (Å²) in [4.78, 5) is 16.3. The number of ether oxygens (including phenoxy) is 1. The van der Waals surface area contributed by atoms with Gasteiger partial charge in [-0.2, -0.15) is 4.98 Å². The van der Waals surface area contributed by atoms with Gasteiger partial charge in [-0.25, -0.2) is 4.39 Å². The molecule has 3 aromatic rings. The minimum absolute atomic E-state index is 0.0545. The molecular formula is C18H15ClFN3O3. The fraction of sp³-hybridized carbons (Fsp3) is 0.167. The summed E-state index contributed by atoms with van der Waals surface area (Å²) >= 11 is 5.69. The molecule has 1 aromatic heterocycles. The fourth-order valence-electron chi connectivity index (χ4n) is 2.31. The molecule has 0 fully saturated rings. The second-order valence-electron chi connectivity index (χ2n) is 5.39. The number of aryl methyl sites for hydroxylation is 1. The highest BCUT2D eigenvalue weighted by molar-refractivity contribution is 6.31. The first-order valence-electron chi connectivity index (χ1n) is 7.77. The molecular weight excluding hydrogens is 361 g/mol. The summed E-state index contributed by atoms with van der Waals surface area (Å²) in [6.07, 6.45) is 0.394. The van der Waals surface area contributed by atoms with Crippen molar-refractivity contribution in [2.24, 2.45) is 0 Å². The number of halogens is 2. The number of hydrogen-bond donors (Lipinski definition) is 1. The van der Waals surface area contributed by atoms with Gasteiger partial charge in [0.15, 0.2) is 0 Å². The number of carbonyl (C=O) groups is 1. The molecule has 1 heterocycles. The van der Waals surface area contributed by atoms with Crippen LogP contribution in [0.1, 0.15) is 12.3 Å². The Balaban J connectivity index is 1.61. The van der Waals surface area contributed by atoms with Crippen LogP contribution in [0.4, 0.5) is 10.1 Å². The molecule has 0 aliphatic carbocycles. The number of nitrogens with one attached hydrogen (secondary N) is 1. The van der Waals surface area contributed by atoms with E-state index in [4.69, 9.17) is 20.9 Å². The molecule has 1 amide bonds. The van der Waals surface area contributed by atoms with E-state index in [0.29, 0.717) is 28.7 Å². The molecule has 2 aromatic carbocycles. The average molecular weight is 376 g/mol. The van der Waals surface area contributed by atoms with Crippen molar-refractivity contribution in [3.8, 4) is 17.1 Å². The van der Waals surface area contributed by atoms with E-state index in [2.05, 4.69) is 15.5 Å². The van der Waals surface area contributed by atoms with E-state index in [0.717, 1.165) is 0 Å². The van der Waals surface area contributed by atoms with Crippen LogP contribution in [-0.4, -0.2) is 23.2 Å². The van der Waals surface area contributed by atoms with Crippen LogP contribution in [0.3, 0.4) is 0 Å². The summed E-state index contributed by atoms with van der Waals surface area (Å²) < 4.78 is 23.6. The SMILES string of the molecule is COc1ccccc1-c1noc(CCC(=O)Nc2ccc(F)c(Cl)c2)n1. The van der Waals surface area contributed by atoms with Crippen LogP contribution >= 0.6 is 11.6 Å². The van der Waals surface area contributed by atoms with E-state index in [1.54, 1.807) is 13.2 Å². The Bertz CT molecular complexity index is 930. The molecule has 0 aliphatic rings. The van der Waals surface area contributed by atoms with Crippen LogP contribution in [-0.2, 0) is 11.2 Å². The Labute approximate surface area is 153 Å². The number of benzene rings is 2. The molecule has 0 bridgehead atoms. The standard InChI is InChI=1S/C18H15ClFN3O3/c1-25-15-5-3-2-4-12(15)18-22-17(26-23-18)9-8-16(24)21-11-6-7-14(20)13(19)10-11/h2-7,10H,8-9H2,1H3,(H,21,24). The second-order valence-corrected chi connectivity index (χ2v) is 5.80. The summed E-state index contributed by atoms with van der Waals surface area (Å²) in [5.41, 5.74) is 1.12. The molecule has 3 rings (SSSR count). The molecule has 0 unspecified atom stereocenters. The van der Waals surface area contributed by atoms with Gasteiger partial charge < -0.3 is 14.6 Å². The van der Waals surface area contributed by atoms with Crippen molar-refractivity contribution < 1.29 is 18.4 Å². The van der Waals surface area contributed by atoms with Gasteiger partial charge in [-0.05, 0) is 30.3 Å². The Morgan fingerprint density at radius 2 is 2.12 bits per heavy atom. The number of methoxy groups -OCH3 is 1. The molecule has 0 radical (unpaired) electrons. The van der Waals surface area contributed by atoms with Crippen molar-refractivity contribution in [1.82, 2.24) is 10.1 Å². The number of nitrogens with zero attached hydrogens (tertiary/aromatic N) is 2. The predicted octanol–water partition coefficient (Wildman–Crippen LogP) is 4.11. The summed E-state index contributed by atoms with van der Waals surface area (Å²) in [7, 11) is 1.56. The summed E-state index contributed by atoms with van der Waals surface area (Å²) in [6, 6.07) is 11.3. The molecule has 8 heteroatoms. The number of amides is 1. The van der Waals surface area contributed by atoms with E-state index in [1.807, 2.05) is 18.2 Å². The number of carbonyl (C=O) groups excluding carboxylic acids is 1. The van der Waals surface area contributed by atoms with Gasteiger partial charge in [0.25, 0.3) is 0 Å². The van der Waals surface area contributed by atoms with Gasteiger partial charge in [-0.15, -0.1) is 0 Å². The molecule has 0 saturated heterocycles. The zero-order valence-corrected chi connectivity index (χ0v) is 14.6. The normalized spacial score (nSPS) is 10.6. The number of anilines is 1. The third kappa shape index (κ3) is 4.18. The predicted molar refractivity (Wildman–Crippen MR) is 94.6 cm³/mol. The van der Waals surface area contributed by atoms with Crippen LogP contribution < -0.4 is 10.1 Å². The van der Waals surface area contributed by atoms with Gasteiger partial charge in [0.1, 0.15) is 11.6 Å². The van der Waals surface area contributed by atoms with Gasteiger partial charge >= 0.3 is 0 Å². The quantitative estimate of drug-likeness (QED) is 0.701. The summed E-state index contributed by atoms with van der Waals surface area (Å²) in [5.74, 6) is 0.538. The lowest BCUT2D eigenvalue weighted by Gasteiger charge is -2.05. The number of hydrogen-bond acceptors (Lipinski definition) is 5. The minimum atomic E-state index is -0.542. The Morgan fingerprint density at radius 3 is 2.88 bits per heavy atom. The van der Waals surface area contributed by atoms with Crippen molar-refractivity contribution in [2.45, 2.75) is 12.8 Å². The molecule has 0 saturated carbocycles. The van der Waals surface area contributed by atoms with E-state index in [-0.39, 0.29) is 23.8 Å². The van der Waals surface area contributed by atoms with Crippen molar-refractivity contribution in [1.29, 1.82) is 0 Å². The number of aromatic nitrogens is 2. The molecule has 0 atom stereocenters. The first-order valence-corrected chi connectivity index (χ1v) is 8.15. The molecule has 134 valence electrons. The highest BCUT2D eigenvalue weighted by atomic mass is 35.5. The van der Waals surface area contributed by atoms with E-state index >= 15 is 0 Å². The van der Waals surface area contributed by atoms with Crippen molar-refractivity contribution in [2.75, 3.05) is 12.4 Å². The van der Waals surface area contributed by atoms with Crippen LogP contribution in [0.15, 0.2) is 47.0 Å². The maximum Gasteiger partial charge on any atom is 0.227 e. The zero-order chi connectivity index (χ0) is 18.5. The zero-order valence-electron chi connectivity index (χ0n) is 13.8. The Hall–Kier alpha value is -2.93. The molecule has 0 aliphatic heterocycles. The van der Waals surface area contributed by atoms with Crippen molar-refractivity contribution >= 4 is 23.2 Å². The van der Waals surface area contributed by atoms with Gasteiger partial charge in [0, 0.05) is 18.5 Å². The first-order chi connectivity index (χ1) is 12.6. The van der Waals surface area contributed by atoms with Crippen molar-refractivity contribution in [3.05, 3.63) is 59.2 Å². The highest BCUT2D eigenvalue weighted by Gasteiger charge is 2.14. The molecule has 1 N–H and O–H groups in total. The summed E-state index contributed by atoms with van der Waals surface area (Å²) in [5, 5.41) is 6.50. The second kappa shape index (κ2) is 7.97. The van der Waals surface area contributed by atoms with Crippen molar-refractivity contribution in [3.63, 3.8) is 0 Å². The Kier molecular flexibility index (Phi) is 5.48. The maximum absolute atomic E-state index is 13.1. The largest absolute Gasteiger partial charge is 0.496 e. The van der Waals surface area contributed by atoms with Crippen LogP contribution in [0.25, 0.3) is 11.4 Å². The van der Waals surface area contributed by atoms with Crippen LogP contribution in [0, 0.1) is 5.82 Å². The van der Waals surface area contributed by atoms with Gasteiger partial charge in [0.05, 0.1) is 17.7 Å². The third-order valence-corrected chi connectivity index (χ3v) is 3.87. The highest BCUT2D eigenvalue weighted by Crippen LogP contribution is 2.27. The molecule has 6 nitrogen and oxygen atoms in total. The van der Waals surface area contributed by atoms with E-state index < -0.39 is 5.82 Å². The lowest BCUT2D eigenvalue weighted by Crippen LogP contribution is -2.12. The van der Waals surface area contributed by atoms with Crippen LogP contribution in [0.5, 0.6) is 5.75 Å². The molecule has 26 heavy (non-hydrogen) atoms. The lowest BCUT2D eigenvalue weighted by atomic mass is 10.2. The minimum Gasteiger partial charge on any atom is -0.496 e. The first kappa shape index (κ1) is 17.9. The topological polar surface area (TPSA) is 77.2 Å². The lowest BCUT2D eigenvalue weighted by molar-refractivity contribution is -0.116. The van der Waals surface area contributed by atoms with E-state index in [9.17, 15) is 9.18 Å². The molecule has 0 spiro atoms. The smallest absolute Gasteiger partial charge is 0.227 e. The van der Waals surface area contributed by atoms with Gasteiger partial charge in [-0.3, -0.25) is 4.79 Å². The maximum atomic E-state index is 13.1. The van der Waals surface area contributed by atoms with Gasteiger partial charge in [0.2, 0.25) is 17.6 Å².